The smallest absolute Gasteiger partial charge is 0.171 e. The van der Waals surface area contributed by atoms with E-state index < -0.39 is 7.14 Å². The summed E-state index contributed by atoms with van der Waals surface area (Å²) >= 11 is 0. The van der Waals surface area contributed by atoms with Crippen LogP contribution in [0.15, 0.2) is 97.1 Å². The van der Waals surface area contributed by atoms with Gasteiger partial charge in [0.2, 0.25) is 0 Å². The third-order valence-corrected chi connectivity index (χ3v) is 7.74. The molecule has 3 heteroatoms. The molecular formula is C23H19O2P. The molecule has 26 heavy (non-hydrogen) atoms. The van der Waals surface area contributed by atoms with Gasteiger partial charge in [0.25, 0.3) is 0 Å². The zero-order valence-corrected chi connectivity index (χ0v) is 15.4. The van der Waals surface area contributed by atoms with Gasteiger partial charge in [0.1, 0.15) is 5.75 Å². The van der Waals surface area contributed by atoms with Crippen LogP contribution in [0, 0.1) is 0 Å². The Bertz CT molecular complexity index is 1100. The van der Waals surface area contributed by atoms with Gasteiger partial charge in [-0.3, -0.25) is 0 Å². The minimum atomic E-state index is -3.04. The fraction of sp³-hybridized carbons (Fsp3) is 0.0435. The molecule has 0 saturated heterocycles. The Morgan fingerprint density at radius 1 is 0.692 bits per heavy atom. The first-order valence-electron chi connectivity index (χ1n) is 8.52. The van der Waals surface area contributed by atoms with Crippen molar-refractivity contribution in [1.82, 2.24) is 0 Å². The van der Waals surface area contributed by atoms with Gasteiger partial charge in [0, 0.05) is 15.9 Å². The quantitative estimate of drug-likeness (QED) is 0.503. The number of rotatable bonds is 4. The number of methoxy groups -OCH3 is 1. The Kier molecular flexibility index (Phi) is 4.36. The molecule has 0 fully saturated rings. The molecule has 0 aliphatic heterocycles. The van der Waals surface area contributed by atoms with Crippen molar-refractivity contribution in [3.8, 4) is 5.75 Å². The summed E-state index contributed by atoms with van der Waals surface area (Å²) < 4.78 is 20.0. The molecule has 2 nitrogen and oxygen atoms in total. The van der Waals surface area contributed by atoms with Crippen LogP contribution in [0.2, 0.25) is 0 Å². The van der Waals surface area contributed by atoms with Crippen LogP contribution in [-0.2, 0) is 4.57 Å². The van der Waals surface area contributed by atoms with Crippen LogP contribution in [0.5, 0.6) is 5.75 Å². The Morgan fingerprint density at radius 2 is 1.35 bits per heavy atom. The number of hydrogen-bond donors (Lipinski definition) is 0. The van der Waals surface area contributed by atoms with Crippen molar-refractivity contribution >= 4 is 33.8 Å². The predicted molar refractivity (Wildman–Crippen MR) is 110 cm³/mol. The molecule has 4 rings (SSSR count). The second kappa shape index (κ2) is 6.82. The molecule has 0 N–H and O–H groups in total. The van der Waals surface area contributed by atoms with E-state index in [1.54, 1.807) is 7.11 Å². The third kappa shape index (κ3) is 2.73. The van der Waals surface area contributed by atoms with Crippen molar-refractivity contribution in [2.75, 3.05) is 7.11 Å². The average molecular weight is 358 g/mol. The maximum absolute atomic E-state index is 14.6. The van der Waals surface area contributed by atoms with E-state index in [2.05, 4.69) is 12.1 Å². The van der Waals surface area contributed by atoms with E-state index in [0.29, 0.717) is 5.75 Å². The second-order valence-electron chi connectivity index (χ2n) is 6.14. The maximum atomic E-state index is 14.6. The zero-order valence-electron chi connectivity index (χ0n) is 14.5. The number of hydrogen-bond acceptors (Lipinski definition) is 2. The van der Waals surface area contributed by atoms with Crippen molar-refractivity contribution in [2.45, 2.75) is 0 Å². The Labute approximate surface area is 153 Å². The minimum Gasteiger partial charge on any atom is -0.497 e. The lowest BCUT2D eigenvalue weighted by Crippen LogP contribution is -2.25. The average Bonchev–Trinajstić information content (AvgIpc) is 2.73. The number of ether oxygens (including phenoxy) is 1. The lowest BCUT2D eigenvalue weighted by molar-refractivity contribution is 0.415. The Morgan fingerprint density at radius 3 is 2.15 bits per heavy atom. The van der Waals surface area contributed by atoms with Gasteiger partial charge in [-0.05, 0) is 22.9 Å². The molecule has 0 aliphatic carbocycles. The van der Waals surface area contributed by atoms with Crippen molar-refractivity contribution < 1.29 is 9.30 Å². The predicted octanol–water partition coefficient (Wildman–Crippen LogP) is 4.49. The summed E-state index contributed by atoms with van der Waals surface area (Å²) in [7, 11) is -1.41. The lowest BCUT2D eigenvalue weighted by atomic mass is 10.1. The minimum absolute atomic E-state index is 0.707. The monoisotopic (exact) mass is 358 g/mol. The van der Waals surface area contributed by atoms with Gasteiger partial charge in [-0.15, -0.1) is 0 Å². The molecule has 0 saturated carbocycles. The summed E-state index contributed by atoms with van der Waals surface area (Å²) in [6.45, 7) is 0. The molecule has 1 unspecified atom stereocenters. The normalized spacial score (nSPS) is 13.3. The van der Waals surface area contributed by atoms with E-state index in [0.717, 1.165) is 26.7 Å². The summed E-state index contributed by atoms with van der Waals surface area (Å²) in [6.07, 6.45) is 0. The molecule has 0 aromatic heterocycles. The first-order valence-corrected chi connectivity index (χ1v) is 10.2. The van der Waals surface area contributed by atoms with E-state index >= 15 is 0 Å². The third-order valence-electron chi connectivity index (χ3n) is 4.64. The fourth-order valence-corrected chi connectivity index (χ4v) is 6.24. The van der Waals surface area contributed by atoms with Gasteiger partial charge >= 0.3 is 0 Å². The highest BCUT2D eigenvalue weighted by molar-refractivity contribution is 7.85. The molecule has 0 radical (unpaired) electrons. The SMILES string of the molecule is COc1cccc(P(=O)(c2ccccc2)c2cccc3ccccc23)c1. The van der Waals surface area contributed by atoms with Crippen LogP contribution >= 0.6 is 7.14 Å². The Hall–Kier alpha value is -2.83. The Balaban J connectivity index is 2.08. The first-order chi connectivity index (χ1) is 12.7. The van der Waals surface area contributed by atoms with E-state index in [1.807, 2.05) is 84.9 Å². The van der Waals surface area contributed by atoms with Gasteiger partial charge in [0.15, 0.2) is 7.14 Å². The molecule has 0 aliphatic rings. The second-order valence-corrected chi connectivity index (χ2v) is 8.88. The summed E-state index contributed by atoms with van der Waals surface area (Å²) in [6, 6.07) is 31.4. The van der Waals surface area contributed by atoms with Crippen molar-refractivity contribution in [2.24, 2.45) is 0 Å². The lowest BCUT2D eigenvalue weighted by Gasteiger charge is -2.22. The van der Waals surface area contributed by atoms with Crippen LogP contribution in [0.4, 0.5) is 0 Å². The summed E-state index contributed by atoms with van der Waals surface area (Å²) in [5.74, 6) is 0.707. The molecule has 1 atom stereocenters. The first kappa shape index (κ1) is 16.6. The van der Waals surface area contributed by atoms with E-state index in [4.69, 9.17) is 4.74 Å². The molecule has 128 valence electrons. The van der Waals surface area contributed by atoms with E-state index in [-0.39, 0.29) is 0 Å². The van der Waals surface area contributed by atoms with Crippen LogP contribution in [0.25, 0.3) is 10.8 Å². The van der Waals surface area contributed by atoms with Gasteiger partial charge in [-0.2, -0.15) is 0 Å². The van der Waals surface area contributed by atoms with Crippen LogP contribution in [0.1, 0.15) is 0 Å². The summed E-state index contributed by atoms with van der Waals surface area (Å²) in [5, 5.41) is 4.56. The van der Waals surface area contributed by atoms with Gasteiger partial charge in [0.05, 0.1) is 7.11 Å². The molecular weight excluding hydrogens is 339 g/mol. The molecule has 0 spiro atoms. The van der Waals surface area contributed by atoms with Crippen molar-refractivity contribution in [3.63, 3.8) is 0 Å². The molecule has 4 aromatic rings. The van der Waals surface area contributed by atoms with E-state index in [9.17, 15) is 4.57 Å². The largest absolute Gasteiger partial charge is 0.497 e. The molecule has 0 heterocycles. The maximum Gasteiger partial charge on any atom is 0.171 e. The van der Waals surface area contributed by atoms with Crippen LogP contribution < -0.4 is 20.7 Å². The van der Waals surface area contributed by atoms with Crippen molar-refractivity contribution in [3.05, 3.63) is 97.1 Å². The standard InChI is InChI=1S/C23H19O2P/c1-25-19-11-8-14-21(17-19)26(24,20-12-3-2-4-13-20)23-16-7-10-18-9-5-6-15-22(18)23/h2-17H,1H3. The summed E-state index contributed by atoms with van der Waals surface area (Å²) in [5.41, 5.74) is 0. The highest BCUT2D eigenvalue weighted by atomic mass is 31.2. The van der Waals surface area contributed by atoms with Gasteiger partial charge in [-0.25, -0.2) is 0 Å². The van der Waals surface area contributed by atoms with E-state index in [1.165, 1.54) is 0 Å². The highest BCUT2D eigenvalue weighted by Crippen LogP contribution is 2.44. The zero-order chi connectivity index (χ0) is 18.0. The van der Waals surface area contributed by atoms with Crippen molar-refractivity contribution in [1.29, 1.82) is 0 Å². The highest BCUT2D eigenvalue weighted by Gasteiger charge is 2.31. The topological polar surface area (TPSA) is 26.3 Å². The molecule has 4 aromatic carbocycles. The number of benzene rings is 4. The molecule has 0 amide bonds. The summed E-state index contributed by atoms with van der Waals surface area (Å²) in [4.78, 5) is 0. The molecule has 0 bridgehead atoms. The number of fused-ring (bicyclic) bond motifs is 1. The fourth-order valence-electron chi connectivity index (χ4n) is 3.35. The van der Waals surface area contributed by atoms with Crippen LogP contribution in [0.3, 0.4) is 0 Å². The van der Waals surface area contributed by atoms with Gasteiger partial charge < -0.3 is 9.30 Å². The van der Waals surface area contributed by atoms with Crippen LogP contribution in [-0.4, -0.2) is 7.11 Å². The van der Waals surface area contributed by atoms with Gasteiger partial charge in [-0.1, -0.05) is 84.9 Å².